The molecule has 0 aromatic heterocycles. The Kier molecular flexibility index (Phi) is 7.66. The van der Waals surface area contributed by atoms with Gasteiger partial charge in [-0.1, -0.05) is 23.2 Å². The zero-order valence-corrected chi connectivity index (χ0v) is 11.8. The Bertz CT molecular complexity index is 452. The monoisotopic (exact) mass is 308 g/mol. The molecular formula is C10H14Cl2N4O3. The van der Waals surface area contributed by atoms with E-state index in [0.29, 0.717) is 15.7 Å². The Morgan fingerprint density at radius 2 is 1.79 bits per heavy atom. The first-order valence-electron chi connectivity index (χ1n) is 4.86. The number of nitrogens with two attached hydrogens (primary N) is 2. The topological polar surface area (TPSA) is 111 Å². The van der Waals surface area contributed by atoms with E-state index in [2.05, 4.69) is 16.8 Å². The van der Waals surface area contributed by atoms with Crippen LogP contribution >= 0.6 is 23.2 Å². The van der Waals surface area contributed by atoms with Gasteiger partial charge in [-0.2, -0.15) is 0 Å². The van der Waals surface area contributed by atoms with Gasteiger partial charge in [-0.3, -0.25) is 4.84 Å². The predicted molar refractivity (Wildman–Crippen MR) is 74.0 cm³/mol. The van der Waals surface area contributed by atoms with Crippen molar-refractivity contribution >= 4 is 41.0 Å². The van der Waals surface area contributed by atoms with Crippen LogP contribution in [0.3, 0.4) is 0 Å². The number of hydroxylamine groups is 2. The molecule has 1 rings (SSSR count). The van der Waals surface area contributed by atoms with Gasteiger partial charge in [-0.15, -0.1) is 0 Å². The van der Waals surface area contributed by atoms with Crippen LogP contribution < -0.4 is 16.8 Å². The van der Waals surface area contributed by atoms with Gasteiger partial charge in [0.05, 0.1) is 17.2 Å². The normalized spacial score (nSPS) is 9.05. The molecular weight excluding hydrogens is 295 g/mol. The molecule has 1 aromatic carbocycles. The number of hydrogen-bond donors (Lipinski definition) is 3. The average molecular weight is 309 g/mol. The van der Waals surface area contributed by atoms with Gasteiger partial charge in [0.25, 0.3) is 0 Å². The molecule has 0 saturated heterocycles. The maximum Gasteiger partial charge on any atom is 0.345 e. The number of nitrogens with zero attached hydrogens (tertiary/aromatic N) is 1. The minimum absolute atomic E-state index is 0.384. The molecule has 0 fully saturated rings. The Morgan fingerprint density at radius 1 is 1.26 bits per heavy atom. The van der Waals surface area contributed by atoms with Crippen molar-refractivity contribution in [2.24, 2.45) is 11.5 Å². The molecule has 0 bridgehead atoms. The highest BCUT2D eigenvalue weighted by Crippen LogP contribution is 2.25. The second kappa shape index (κ2) is 8.41. The summed E-state index contributed by atoms with van der Waals surface area (Å²) in [5, 5.41) is 4.46. The van der Waals surface area contributed by atoms with Gasteiger partial charge >= 0.3 is 12.1 Å². The fourth-order valence-corrected chi connectivity index (χ4v) is 1.16. The van der Waals surface area contributed by atoms with Crippen LogP contribution in [-0.2, 0) is 4.84 Å². The number of rotatable bonds is 2. The van der Waals surface area contributed by atoms with Gasteiger partial charge in [-0.25, -0.2) is 14.7 Å². The molecule has 0 aliphatic carbocycles. The highest BCUT2D eigenvalue weighted by molar-refractivity contribution is 6.42. The van der Waals surface area contributed by atoms with Gasteiger partial charge in [0.15, 0.2) is 0 Å². The molecule has 7 nitrogen and oxygen atoms in total. The third kappa shape index (κ3) is 7.35. The van der Waals surface area contributed by atoms with E-state index >= 15 is 0 Å². The molecule has 0 aliphatic heterocycles. The molecule has 0 radical (unpaired) electrons. The third-order valence-electron chi connectivity index (χ3n) is 1.73. The first-order valence-corrected chi connectivity index (χ1v) is 5.62. The number of carbonyl (C=O) groups is 2. The third-order valence-corrected chi connectivity index (χ3v) is 2.47. The Hall–Kier alpha value is -1.70. The predicted octanol–water partition coefficient (Wildman–Crippen LogP) is 2.04. The minimum atomic E-state index is -0.833. The van der Waals surface area contributed by atoms with Crippen LogP contribution in [0.15, 0.2) is 18.2 Å². The van der Waals surface area contributed by atoms with E-state index in [1.54, 1.807) is 18.2 Å². The SMILES string of the molecule is CON(C)C(=O)Nc1ccc(Cl)c(Cl)c1.NC(N)=O. The highest BCUT2D eigenvalue weighted by atomic mass is 35.5. The molecule has 0 unspecified atom stereocenters. The number of carbonyl (C=O) groups excluding carboxylic acids is 2. The van der Waals surface area contributed by atoms with E-state index < -0.39 is 12.1 Å². The summed E-state index contributed by atoms with van der Waals surface area (Å²) in [6, 6.07) is 3.59. The summed E-state index contributed by atoms with van der Waals surface area (Å²) in [6.45, 7) is 0. The molecule has 0 aliphatic rings. The molecule has 0 heterocycles. The largest absolute Gasteiger partial charge is 0.352 e. The van der Waals surface area contributed by atoms with E-state index in [0.717, 1.165) is 5.06 Å². The van der Waals surface area contributed by atoms with Gasteiger partial charge in [0.2, 0.25) is 0 Å². The van der Waals surface area contributed by atoms with Crippen molar-refractivity contribution in [1.29, 1.82) is 0 Å². The minimum Gasteiger partial charge on any atom is -0.352 e. The van der Waals surface area contributed by atoms with Gasteiger partial charge in [-0.05, 0) is 18.2 Å². The number of amides is 4. The van der Waals surface area contributed by atoms with Crippen molar-refractivity contribution in [3.63, 3.8) is 0 Å². The van der Waals surface area contributed by atoms with E-state index in [-0.39, 0.29) is 0 Å². The molecule has 9 heteroatoms. The number of halogens is 2. The zero-order chi connectivity index (χ0) is 15.0. The summed E-state index contributed by atoms with van der Waals surface area (Å²) < 4.78 is 0. The number of urea groups is 2. The van der Waals surface area contributed by atoms with Crippen LogP contribution in [0.5, 0.6) is 0 Å². The number of primary amides is 2. The standard InChI is InChI=1S/C9H10Cl2N2O2.CH4N2O/c1-13(15-2)9(14)12-6-3-4-7(10)8(11)5-6;2-1(3)4/h3-5H,1-2H3,(H,12,14);(H4,2,3,4). The van der Waals surface area contributed by atoms with Crippen LogP contribution in [0.4, 0.5) is 15.3 Å². The molecule has 106 valence electrons. The van der Waals surface area contributed by atoms with Gasteiger partial charge in [0.1, 0.15) is 0 Å². The van der Waals surface area contributed by atoms with E-state index in [1.165, 1.54) is 14.2 Å². The van der Waals surface area contributed by atoms with Crippen molar-refractivity contribution in [1.82, 2.24) is 5.06 Å². The van der Waals surface area contributed by atoms with Crippen LogP contribution in [0, 0.1) is 0 Å². The lowest BCUT2D eigenvalue weighted by atomic mass is 10.3. The number of hydrogen-bond acceptors (Lipinski definition) is 3. The smallest absolute Gasteiger partial charge is 0.345 e. The lowest BCUT2D eigenvalue weighted by Crippen LogP contribution is -2.30. The second-order valence-electron chi connectivity index (χ2n) is 3.14. The van der Waals surface area contributed by atoms with Crippen LogP contribution in [0.25, 0.3) is 0 Å². The second-order valence-corrected chi connectivity index (χ2v) is 3.96. The summed E-state index contributed by atoms with van der Waals surface area (Å²) in [5.74, 6) is 0. The quantitative estimate of drug-likeness (QED) is 0.727. The molecule has 0 saturated carbocycles. The number of anilines is 1. The Labute approximate surface area is 120 Å². The molecule has 0 atom stereocenters. The first-order chi connectivity index (χ1) is 8.77. The average Bonchev–Trinajstić information content (AvgIpc) is 2.32. The van der Waals surface area contributed by atoms with Crippen LogP contribution in [-0.4, -0.2) is 31.3 Å². The van der Waals surface area contributed by atoms with Crippen molar-refractivity contribution in [3.05, 3.63) is 28.2 Å². The highest BCUT2D eigenvalue weighted by Gasteiger charge is 2.08. The van der Waals surface area contributed by atoms with Crippen molar-refractivity contribution in [2.45, 2.75) is 0 Å². The lowest BCUT2D eigenvalue weighted by Gasteiger charge is -2.14. The van der Waals surface area contributed by atoms with E-state index in [9.17, 15) is 4.79 Å². The summed E-state index contributed by atoms with van der Waals surface area (Å²) in [6.07, 6.45) is 0. The van der Waals surface area contributed by atoms with Gasteiger partial charge in [0, 0.05) is 12.7 Å². The fourth-order valence-electron chi connectivity index (χ4n) is 0.859. The summed E-state index contributed by atoms with van der Waals surface area (Å²) in [7, 11) is 2.89. The first kappa shape index (κ1) is 17.3. The maximum atomic E-state index is 11.4. The molecule has 1 aromatic rings. The number of benzene rings is 1. The van der Waals surface area contributed by atoms with E-state index in [1.807, 2.05) is 0 Å². The van der Waals surface area contributed by atoms with E-state index in [4.69, 9.17) is 32.8 Å². The van der Waals surface area contributed by atoms with Crippen molar-refractivity contribution in [2.75, 3.05) is 19.5 Å². The summed E-state index contributed by atoms with van der Waals surface area (Å²) in [5.41, 5.74) is 9.05. The Morgan fingerprint density at radius 3 is 2.21 bits per heavy atom. The molecule has 0 spiro atoms. The van der Waals surface area contributed by atoms with Crippen molar-refractivity contribution in [3.8, 4) is 0 Å². The lowest BCUT2D eigenvalue weighted by molar-refractivity contribution is -0.0598. The van der Waals surface area contributed by atoms with Gasteiger partial charge < -0.3 is 16.8 Å². The van der Waals surface area contributed by atoms with Crippen LogP contribution in [0.1, 0.15) is 0 Å². The number of nitrogens with one attached hydrogen (secondary N) is 1. The molecule has 19 heavy (non-hydrogen) atoms. The zero-order valence-electron chi connectivity index (χ0n) is 10.3. The van der Waals surface area contributed by atoms with Crippen LogP contribution in [0.2, 0.25) is 10.0 Å². The summed E-state index contributed by atoms with van der Waals surface area (Å²) in [4.78, 5) is 25.1. The fraction of sp³-hybridized carbons (Fsp3) is 0.200. The van der Waals surface area contributed by atoms with Crippen molar-refractivity contribution < 1.29 is 14.4 Å². The molecule has 5 N–H and O–H groups in total. The molecule has 4 amide bonds. The maximum absolute atomic E-state index is 11.4. The Balaban J connectivity index is 0.000000711. The summed E-state index contributed by atoms with van der Waals surface area (Å²) >= 11 is 11.5.